The van der Waals surface area contributed by atoms with Crippen molar-refractivity contribution in [3.05, 3.63) is 12.2 Å². The van der Waals surface area contributed by atoms with Gasteiger partial charge in [-0.15, -0.1) is 0 Å². The van der Waals surface area contributed by atoms with Gasteiger partial charge in [0, 0.05) is 1.43 Å². The lowest BCUT2D eigenvalue weighted by atomic mass is 9.89. The van der Waals surface area contributed by atoms with E-state index in [1.807, 2.05) is 0 Å². The lowest BCUT2D eigenvalue weighted by Crippen LogP contribution is -2.21. The van der Waals surface area contributed by atoms with Gasteiger partial charge in [0.1, 0.15) is 0 Å². The maximum absolute atomic E-state index is 11.2. The molecule has 0 N–H and O–H groups in total. The predicted octanol–water partition coefficient (Wildman–Crippen LogP) is 3.21. The van der Waals surface area contributed by atoms with Crippen LogP contribution in [0.15, 0.2) is 12.2 Å². The van der Waals surface area contributed by atoms with Gasteiger partial charge in [-0.25, -0.2) is 0 Å². The van der Waals surface area contributed by atoms with E-state index in [4.69, 9.17) is 9.47 Å². The minimum Gasteiger partial charge on any atom is -0.469 e. The Morgan fingerprint density at radius 3 is 2.09 bits per heavy atom. The Hall–Kier alpha value is -1.32. The first-order chi connectivity index (χ1) is 10.6. The van der Waals surface area contributed by atoms with Crippen molar-refractivity contribution < 1.29 is 20.5 Å². The van der Waals surface area contributed by atoms with Crippen LogP contribution in [-0.4, -0.2) is 26.2 Å². The molecule has 4 aliphatic carbocycles. The molecule has 0 aromatic carbocycles. The third kappa shape index (κ3) is 2.92. The van der Waals surface area contributed by atoms with E-state index in [1.54, 1.807) is 0 Å². The van der Waals surface area contributed by atoms with E-state index < -0.39 is 0 Å². The van der Waals surface area contributed by atoms with Crippen molar-refractivity contribution in [2.24, 2.45) is 35.5 Å². The molecule has 4 rings (SSSR count). The summed E-state index contributed by atoms with van der Waals surface area (Å²) in [5.74, 6) is 3.04. The summed E-state index contributed by atoms with van der Waals surface area (Å²) in [7, 11) is 2.96. The molecule has 0 radical (unpaired) electrons. The molecule has 3 saturated carbocycles. The zero-order valence-corrected chi connectivity index (χ0v) is 13.5. The minimum absolute atomic E-state index is 0. The molecule has 6 unspecified atom stereocenters. The van der Waals surface area contributed by atoms with E-state index in [0.29, 0.717) is 17.8 Å². The van der Waals surface area contributed by atoms with Gasteiger partial charge in [0.05, 0.1) is 26.1 Å². The Morgan fingerprint density at radius 2 is 1.64 bits per heavy atom. The molecular weight excluding hydrogens is 280 g/mol. The SMILES string of the molecule is COC(=O)C1CC2C=CC1C2.COC(=O)C1CC2CCC1C2.[HH]. The van der Waals surface area contributed by atoms with Crippen LogP contribution in [0.25, 0.3) is 0 Å². The van der Waals surface area contributed by atoms with Crippen LogP contribution in [0.5, 0.6) is 0 Å². The number of ether oxygens (including phenoxy) is 2. The number of carbonyl (C=O) groups is 2. The summed E-state index contributed by atoms with van der Waals surface area (Å²) in [4.78, 5) is 22.3. The number of esters is 2. The standard InChI is InChI=1S/C9H14O2.C9H12O2.H2/c2*1-11-9(10)8-5-6-2-3-7(8)4-6;/h6-8H,2-5H2,1H3;2-3,6-8H,4-5H2,1H3;1H. The van der Waals surface area contributed by atoms with E-state index in [9.17, 15) is 9.59 Å². The average Bonchev–Trinajstić information content (AvgIpc) is 3.33. The third-order valence-electron chi connectivity index (χ3n) is 6.02. The zero-order valence-electron chi connectivity index (χ0n) is 13.5. The van der Waals surface area contributed by atoms with Gasteiger partial charge in [0.25, 0.3) is 0 Å². The van der Waals surface area contributed by atoms with Crippen molar-refractivity contribution in [1.29, 1.82) is 0 Å². The topological polar surface area (TPSA) is 52.6 Å². The van der Waals surface area contributed by atoms with Crippen LogP contribution in [0.2, 0.25) is 0 Å². The Morgan fingerprint density at radius 1 is 0.909 bits per heavy atom. The monoisotopic (exact) mass is 308 g/mol. The van der Waals surface area contributed by atoms with Gasteiger partial charge in [-0.3, -0.25) is 9.59 Å². The van der Waals surface area contributed by atoms with E-state index >= 15 is 0 Å². The number of rotatable bonds is 2. The molecule has 22 heavy (non-hydrogen) atoms. The largest absolute Gasteiger partial charge is 0.469 e. The Kier molecular flexibility index (Phi) is 4.55. The molecule has 3 fully saturated rings. The smallest absolute Gasteiger partial charge is 0.309 e. The Labute approximate surface area is 133 Å². The first kappa shape index (κ1) is 15.6. The summed E-state index contributed by atoms with van der Waals surface area (Å²) in [6, 6.07) is 0. The molecule has 4 bridgehead atoms. The number of hydrogen-bond donors (Lipinski definition) is 0. The van der Waals surface area contributed by atoms with Crippen LogP contribution in [-0.2, 0) is 19.1 Å². The summed E-state index contributed by atoms with van der Waals surface area (Å²) in [6.07, 6.45) is 11.5. The van der Waals surface area contributed by atoms with E-state index in [1.165, 1.54) is 39.9 Å². The van der Waals surface area contributed by atoms with Crippen LogP contribution in [0, 0.1) is 35.5 Å². The highest BCUT2D eigenvalue weighted by atomic mass is 16.5. The maximum atomic E-state index is 11.2. The quantitative estimate of drug-likeness (QED) is 0.580. The number of hydrogen-bond acceptors (Lipinski definition) is 4. The number of carbonyl (C=O) groups excluding carboxylic acids is 2. The highest BCUT2D eigenvalue weighted by molar-refractivity contribution is 5.74. The minimum atomic E-state index is -0.0261. The van der Waals surface area contributed by atoms with Gasteiger partial charge >= 0.3 is 11.9 Å². The second-order valence-corrected chi connectivity index (χ2v) is 7.21. The van der Waals surface area contributed by atoms with Gasteiger partial charge in [-0.2, -0.15) is 0 Å². The normalized spacial score (nSPS) is 40.3. The molecule has 0 aromatic rings. The number of allylic oxidation sites excluding steroid dienone is 2. The van der Waals surface area contributed by atoms with Gasteiger partial charge in [0.2, 0.25) is 0 Å². The zero-order chi connectivity index (χ0) is 15.7. The van der Waals surface area contributed by atoms with E-state index in [0.717, 1.165) is 18.8 Å². The van der Waals surface area contributed by atoms with E-state index in [-0.39, 0.29) is 25.2 Å². The average molecular weight is 308 g/mol. The van der Waals surface area contributed by atoms with Crippen LogP contribution in [0.4, 0.5) is 0 Å². The van der Waals surface area contributed by atoms with Gasteiger partial charge in [-0.1, -0.05) is 18.6 Å². The molecule has 124 valence electrons. The van der Waals surface area contributed by atoms with E-state index in [2.05, 4.69) is 12.2 Å². The molecule has 0 spiro atoms. The number of fused-ring (bicyclic) bond motifs is 4. The molecule has 0 aliphatic heterocycles. The van der Waals surface area contributed by atoms with Crippen molar-refractivity contribution in [1.82, 2.24) is 0 Å². The fraction of sp³-hybridized carbons (Fsp3) is 0.778. The lowest BCUT2D eigenvalue weighted by molar-refractivity contribution is -0.147. The van der Waals surface area contributed by atoms with Crippen molar-refractivity contribution in [3.63, 3.8) is 0 Å². The fourth-order valence-electron chi connectivity index (χ4n) is 4.89. The summed E-state index contributed by atoms with van der Waals surface area (Å²) < 4.78 is 9.46. The van der Waals surface area contributed by atoms with Crippen molar-refractivity contribution in [3.8, 4) is 0 Å². The molecule has 0 heterocycles. The second kappa shape index (κ2) is 6.43. The molecule has 6 atom stereocenters. The molecule has 0 amide bonds. The number of methoxy groups -OCH3 is 2. The summed E-state index contributed by atoms with van der Waals surface area (Å²) in [5, 5.41) is 0. The first-order valence-electron chi connectivity index (χ1n) is 8.46. The molecule has 4 heteroatoms. The molecule has 4 aliphatic rings. The molecule has 0 aromatic heterocycles. The summed E-state index contributed by atoms with van der Waals surface area (Å²) >= 11 is 0. The van der Waals surface area contributed by atoms with Crippen LogP contribution < -0.4 is 0 Å². The van der Waals surface area contributed by atoms with Gasteiger partial charge in [-0.05, 0) is 55.8 Å². The maximum Gasteiger partial charge on any atom is 0.309 e. The van der Waals surface area contributed by atoms with Crippen LogP contribution in [0.1, 0.15) is 40.0 Å². The second-order valence-electron chi connectivity index (χ2n) is 7.21. The Balaban J connectivity index is 0.000000160. The molecular formula is C18H28O4. The summed E-state index contributed by atoms with van der Waals surface area (Å²) in [6.45, 7) is 0. The highest BCUT2D eigenvalue weighted by Gasteiger charge is 2.43. The summed E-state index contributed by atoms with van der Waals surface area (Å²) in [5.41, 5.74) is 0. The Bertz CT molecular complexity index is 476. The van der Waals surface area contributed by atoms with Gasteiger partial charge in [0.15, 0.2) is 0 Å². The lowest BCUT2D eigenvalue weighted by Gasteiger charge is -2.18. The van der Waals surface area contributed by atoms with Gasteiger partial charge < -0.3 is 9.47 Å². The predicted molar refractivity (Wildman–Crippen MR) is 83.9 cm³/mol. The fourth-order valence-corrected chi connectivity index (χ4v) is 4.89. The van der Waals surface area contributed by atoms with Crippen molar-refractivity contribution in [2.45, 2.75) is 38.5 Å². The van der Waals surface area contributed by atoms with Crippen LogP contribution in [0.3, 0.4) is 0 Å². The highest BCUT2D eigenvalue weighted by Crippen LogP contribution is 2.48. The molecule has 4 nitrogen and oxygen atoms in total. The first-order valence-corrected chi connectivity index (χ1v) is 8.46. The third-order valence-corrected chi connectivity index (χ3v) is 6.02. The molecule has 0 saturated heterocycles. The van der Waals surface area contributed by atoms with Crippen molar-refractivity contribution in [2.75, 3.05) is 14.2 Å². The van der Waals surface area contributed by atoms with Crippen LogP contribution >= 0.6 is 0 Å². The van der Waals surface area contributed by atoms with Crippen molar-refractivity contribution >= 4 is 11.9 Å².